The fraction of sp³-hybridized carbons (Fsp3) is 0.407. The minimum atomic E-state index is -0.886. The lowest BCUT2D eigenvalue weighted by Crippen LogP contribution is -3.14. The summed E-state index contributed by atoms with van der Waals surface area (Å²) in [6.07, 6.45) is 0.856. The zero-order chi connectivity index (χ0) is 25.7. The predicted molar refractivity (Wildman–Crippen MR) is 130 cm³/mol. The fourth-order valence-electron chi connectivity index (χ4n) is 4.58. The number of likely N-dealkylation sites (tertiary alicyclic amines) is 1. The van der Waals surface area contributed by atoms with Gasteiger partial charge in [0.2, 0.25) is 5.78 Å². The summed E-state index contributed by atoms with van der Waals surface area (Å²) in [5, 5.41) is 23.7. The van der Waals surface area contributed by atoms with Gasteiger partial charge in [0, 0.05) is 5.57 Å². The number of methoxy groups -OCH3 is 1. The average Bonchev–Trinajstić information content (AvgIpc) is 3.16. The van der Waals surface area contributed by atoms with Crippen molar-refractivity contribution in [3.8, 4) is 17.2 Å². The molecule has 2 heterocycles. The molecule has 0 aromatic heterocycles. The third-order valence-electron chi connectivity index (χ3n) is 6.54. The molecule has 2 aromatic carbocycles. The van der Waals surface area contributed by atoms with E-state index in [-0.39, 0.29) is 17.1 Å². The number of hydrogen-bond acceptors (Lipinski definition) is 7. The van der Waals surface area contributed by atoms with E-state index in [9.17, 15) is 19.8 Å². The van der Waals surface area contributed by atoms with Gasteiger partial charge in [-0.05, 0) is 41.8 Å². The molecule has 2 N–H and O–H groups in total. The first-order valence-electron chi connectivity index (χ1n) is 12.2. The van der Waals surface area contributed by atoms with E-state index < -0.39 is 23.5 Å². The minimum Gasteiger partial charge on any atom is -0.872 e. The number of amides is 1. The van der Waals surface area contributed by atoms with E-state index in [4.69, 9.17) is 14.2 Å². The SMILES string of the molecule is CCCOc1ccc(/C([O-])=C2\C(=O)C(=O)N(CC[NH+]3CCOCC3)C2c2ccc(O)c(OC)c2)cc1. The van der Waals surface area contributed by atoms with E-state index >= 15 is 0 Å². The van der Waals surface area contributed by atoms with Crippen LogP contribution in [0.2, 0.25) is 0 Å². The second-order valence-corrected chi connectivity index (χ2v) is 8.89. The van der Waals surface area contributed by atoms with E-state index in [1.165, 1.54) is 23.0 Å². The number of morpholine rings is 1. The summed E-state index contributed by atoms with van der Waals surface area (Å²) < 4.78 is 16.3. The van der Waals surface area contributed by atoms with E-state index in [2.05, 4.69) is 0 Å². The third kappa shape index (κ3) is 5.32. The Bertz CT molecular complexity index is 1120. The molecule has 0 aliphatic carbocycles. The molecule has 2 fully saturated rings. The predicted octanol–water partition coefficient (Wildman–Crippen LogP) is 0.329. The summed E-state index contributed by atoms with van der Waals surface area (Å²) in [5.74, 6) is -1.26. The standard InChI is InChI=1S/C27H32N2O7/c1-3-14-36-20-7-4-18(5-8-20)25(31)23-24(19-6-9-21(30)22(17-19)34-2)29(27(33)26(23)32)11-10-28-12-15-35-16-13-28/h4-9,17,24,30-31H,3,10-16H2,1-2H3/b25-23+. The summed E-state index contributed by atoms with van der Waals surface area (Å²) in [7, 11) is 1.42. The molecular weight excluding hydrogens is 464 g/mol. The van der Waals surface area contributed by atoms with Gasteiger partial charge in [-0.2, -0.15) is 0 Å². The maximum atomic E-state index is 13.6. The number of benzene rings is 2. The molecule has 0 saturated carbocycles. The molecule has 2 aliphatic rings. The number of phenolic OH excluding ortho intramolecular Hbond substituents is 1. The molecule has 192 valence electrons. The van der Waals surface area contributed by atoms with Crippen molar-refractivity contribution in [3.05, 3.63) is 59.2 Å². The van der Waals surface area contributed by atoms with Crippen molar-refractivity contribution in [2.75, 3.05) is 53.1 Å². The zero-order valence-corrected chi connectivity index (χ0v) is 20.6. The Morgan fingerprint density at radius 2 is 1.89 bits per heavy atom. The average molecular weight is 497 g/mol. The molecule has 36 heavy (non-hydrogen) atoms. The van der Waals surface area contributed by atoms with Crippen molar-refractivity contribution in [1.82, 2.24) is 4.90 Å². The Labute approximate surface area is 210 Å². The molecule has 0 radical (unpaired) electrons. The molecule has 9 nitrogen and oxygen atoms in total. The monoisotopic (exact) mass is 496 g/mol. The van der Waals surface area contributed by atoms with Crippen LogP contribution in [-0.2, 0) is 14.3 Å². The Morgan fingerprint density at radius 1 is 1.17 bits per heavy atom. The first-order valence-corrected chi connectivity index (χ1v) is 12.2. The van der Waals surface area contributed by atoms with Crippen LogP contribution in [0.15, 0.2) is 48.0 Å². The van der Waals surface area contributed by atoms with Crippen molar-refractivity contribution in [2.24, 2.45) is 0 Å². The summed E-state index contributed by atoms with van der Waals surface area (Å²) in [5.41, 5.74) is 0.713. The van der Waals surface area contributed by atoms with E-state index in [0.717, 1.165) is 19.5 Å². The van der Waals surface area contributed by atoms with Crippen molar-refractivity contribution < 1.29 is 38.9 Å². The number of carbonyl (C=O) groups excluding carboxylic acids is 2. The maximum Gasteiger partial charge on any atom is 0.295 e. The van der Waals surface area contributed by atoms with Gasteiger partial charge in [-0.15, -0.1) is 0 Å². The lowest BCUT2D eigenvalue weighted by Gasteiger charge is -2.30. The number of hydrogen-bond donors (Lipinski definition) is 2. The molecule has 0 spiro atoms. The van der Waals surface area contributed by atoms with Crippen LogP contribution in [0.25, 0.3) is 5.76 Å². The highest BCUT2D eigenvalue weighted by atomic mass is 16.5. The quantitative estimate of drug-likeness (QED) is 0.292. The number of aromatic hydroxyl groups is 1. The molecule has 2 aromatic rings. The van der Waals surface area contributed by atoms with Gasteiger partial charge in [0.15, 0.2) is 11.5 Å². The summed E-state index contributed by atoms with van der Waals surface area (Å²) >= 11 is 0. The zero-order valence-electron chi connectivity index (χ0n) is 20.6. The normalized spacial score (nSPS) is 20.1. The number of carbonyl (C=O) groups is 2. The van der Waals surface area contributed by atoms with Gasteiger partial charge >= 0.3 is 0 Å². The van der Waals surface area contributed by atoms with Crippen LogP contribution in [0.4, 0.5) is 0 Å². The van der Waals surface area contributed by atoms with Crippen molar-refractivity contribution in [2.45, 2.75) is 19.4 Å². The van der Waals surface area contributed by atoms with Gasteiger partial charge in [0.1, 0.15) is 18.8 Å². The Morgan fingerprint density at radius 3 is 2.56 bits per heavy atom. The van der Waals surface area contributed by atoms with Gasteiger partial charge in [0.05, 0.1) is 46.1 Å². The minimum absolute atomic E-state index is 0.0724. The second-order valence-electron chi connectivity index (χ2n) is 8.89. The highest BCUT2D eigenvalue weighted by molar-refractivity contribution is 6.46. The van der Waals surface area contributed by atoms with Crippen LogP contribution in [0.1, 0.15) is 30.5 Å². The highest BCUT2D eigenvalue weighted by Gasteiger charge is 2.44. The van der Waals surface area contributed by atoms with Crippen LogP contribution >= 0.6 is 0 Å². The molecule has 2 saturated heterocycles. The van der Waals surface area contributed by atoms with Crippen LogP contribution in [-0.4, -0.2) is 74.8 Å². The molecule has 9 heteroatoms. The van der Waals surface area contributed by atoms with Crippen LogP contribution in [0.3, 0.4) is 0 Å². The number of ether oxygens (including phenoxy) is 3. The van der Waals surface area contributed by atoms with Crippen molar-refractivity contribution >= 4 is 17.4 Å². The van der Waals surface area contributed by atoms with Gasteiger partial charge < -0.3 is 34.2 Å². The number of ketones is 1. The number of nitrogens with one attached hydrogen (secondary N) is 1. The largest absolute Gasteiger partial charge is 0.872 e. The number of quaternary nitrogens is 1. The number of phenols is 1. The van der Waals surface area contributed by atoms with E-state index in [0.29, 0.717) is 49.8 Å². The molecule has 2 aliphatic heterocycles. The summed E-state index contributed by atoms with van der Waals surface area (Å²) in [6, 6.07) is 10.3. The highest BCUT2D eigenvalue weighted by Crippen LogP contribution is 2.41. The first kappa shape index (κ1) is 25.5. The molecule has 1 amide bonds. The number of nitrogens with zero attached hydrogens (tertiary/aromatic N) is 1. The second kappa shape index (κ2) is 11.5. The first-order chi connectivity index (χ1) is 17.4. The van der Waals surface area contributed by atoms with Crippen LogP contribution in [0.5, 0.6) is 17.2 Å². The Balaban J connectivity index is 1.72. The number of Topliss-reactive ketones (excluding diaryl/α,β-unsaturated/α-hetero) is 1. The Hall–Kier alpha value is -3.56. The molecular formula is C27H32N2O7. The molecule has 0 bridgehead atoms. The van der Waals surface area contributed by atoms with Gasteiger partial charge in [-0.1, -0.05) is 30.9 Å². The van der Waals surface area contributed by atoms with Crippen molar-refractivity contribution in [1.29, 1.82) is 0 Å². The molecule has 1 atom stereocenters. The fourth-order valence-corrected chi connectivity index (χ4v) is 4.58. The lowest BCUT2D eigenvalue weighted by molar-refractivity contribution is -0.907. The van der Waals surface area contributed by atoms with Gasteiger partial charge in [0.25, 0.3) is 5.91 Å². The summed E-state index contributed by atoms with van der Waals surface area (Å²) in [4.78, 5) is 29.1. The van der Waals surface area contributed by atoms with Gasteiger partial charge in [-0.3, -0.25) is 9.59 Å². The third-order valence-corrected chi connectivity index (χ3v) is 6.54. The van der Waals surface area contributed by atoms with E-state index in [1.807, 2.05) is 6.92 Å². The topological polar surface area (TPSA) is 113 Å². The van der Waals surface area contributed by atoms with Crippen molar-refractivity contribution in [3.63, 3.8) is 0 Å². The smallest absolute Gasteiger partial charge is 0.295 e. The molecule has 1 unspecified atom stereocenters. The van der Waals surface area contributed by atoms with Crippen LogP contribution < -0.4 is 19.5 Å². The van der Waals surface area contributed by atoms with E-state index in [1.54, 1.807) is 36.4 Å². The van der Waals surface area contributed by atoms with Crippen LogP contribution in [0, 0.1) is 0 Å². The van der Waals surface area contributed by atoms with Gasteiger partial charge in [-0.25, -0.2) is 0 Å². The summed E-state index contributed by atoms with van der Waals surface area (Å²) in [6.45, 7) is 6.41. The lowest BCUT2D eigenvalue weighted by atomic mass is 9.95. The maximum absolute atomic E-state index is 13.6. The Kier molecular flexibility index (Phi) is 8.12. The number of rotatable bonds is 9. The molecule has 4 rings (SSSR count).